The summed E-state index contributed by atoms with van der Waals surface area (Å²) in [7, 11) is 0. The highest BCUT2D eigenvalue weighted by atomic mass is 16.4. The third-order valence-corrected chi connectivity index (χ3v) is 10.2. The minimum atomic E-state index is -1.67. The highest BCUT2D eigenvalue weighted by Gasteiger charge is 2.33. The van der Waals surface area contributed by atoms with Crippen LogP contribution in [0.4, 0.5) is 0 Å². The van der Waals surface area contributed by atoms with Gasteiger partial charge in [-0.2, -0.15) is 0 Å². The number of carbonyl (C=O) groups is 9. The highest BCUT2D eigenvalue weighted by molar-refractivity contribution is 5.98. The molecule has 0 aliphatic carbocycles. The molecule has 3 rings (SSSR count). The number of amides is 6. The number of aliphatic imine (C=N–C) groups is 1. The van der Waals surface area contributed by atoms with Crippen molar-refractivity contribution in [3.63, 3.8) is 0 Å². The van der Waals surface area contributed by atoms with Crippen molar-refractivity contribution in [2.75, 3.05) is 78.5 Å². The number of aromatic hydroxyl groups is 1. The van der Waals surface area contributed by atoms with Crippen molar-refractivity contribution >= 4 is 59.3 Å². The van der Waals surface area contributed by atoms with Crippen LogP contribution in [0.2, 0.25) is 0 Å². The second kappa shape index (κ2) is 26.8. The van der Waals surface area contributed by atoms with Crippen LogP contribution in [0.5, 0.6) is 5.75 Å². The van der Waals surface area contributed by atoms with Gasteiger partial charge in [0.1, 0.15) is 29.9 Å². The van der Waals surface area contributed by atoms with E-state index in [-0.39, 0.29) is 82.4 Å². The Morgan fingerprint density at radius 1 is 0.641 bits per heavy atom. The van der Waals surface area contributed by atoms with Crippen molar-refractivity contribution in [3.05, 3.63) is 29.8 Å². The summed E-state index contributed by atoms with van der Waals surface area (Å²) in [6.45, 7) is 1.05. The van der Waals surface area contributed by atoms with Gasteiger partial charge in [-0.25, -0.2) is 0 Å². The predicted octanol–water partition coefficient (Wildman–Crippen LogP) is -5.09. The maximum absolute atomic E-state index is 14.0. The first kappa shape index (κ1) is 51.7. The van der Waals surface area contributed by atoms with Crippen LogP contribution in [0.25, 0.3) is 0 Å². The van der Waals surface area contributed by atoms with E-state index in [0.717, 1.165) is 0 Å². The van der Waals surface area contributed by atoms with Crippen LogP contribution in [0.3, 0.4) is 0 Å². The van der Waals surface area contributed by atoms with E-state index in [1.165, 1.54) is 24.3 Å². The number of unbranched alkanes of at least 4 members (excludes halogenated alkanes) is 1. The zero-order valence-corrected chi connectivity index (χ0v) is 35.5. The number of benzene rings is 1. The summed E-state index contributed by atoms with van der Waals surface area (Å²) in [4.78, 5) is 124. The summed E-state index contributed by atoms with van der Waals surface area (Å²) in [6, 6.07) is -0.00564. The van der Waals surface area contributed by atoms with E-state index in [1.807, 2.05) is 0 Å². The largest absolute Gasteiger partial charge is 0.508 e. The molecule has 2 aliphatic heterocycles. The fourth-order valence-electron chi connectivity index (χ4n) is 6.86. The van der Waals surface area contributed by atoms with Crippen LogP contribution >= 0.6 is 0 Å². The van der Waals surface area contributed by atoms with Gasteiger partial charge in [0.25, 0.3) is 0 Å². The van der Waals surface area contributed by atoms with E-state index in [0.29, 0.717) is 51.3 Å². The zero-order valence-electron chi connectivity index (χ0n) is 35.5. The van der Waals surface area contributed by atoms with E-state index in [4.69, 9.17) is 11.5 Å². The summed E-state index contributed by atoms with van der Waals surface area (Å²) in [5.41, 5.74) is 11.3. The fourth-order valence-corrected chi connectivity index (χ4v) is 6.86. The molecule has 4 unspecified atom stereocenters. The number of nitrogens with two attached hydrogens (primary N) is 2. The van der Waals surface area contributed by atoms with Crippen molar-refractivity contribution in [1.29, 1.82) is 0 Å². The third kappa shape index (κ3) is 20.1. The summed E-state index contributed by atoms with van der Waals surface area (Å²) < 4.78 is 0. The van der Waals surface area contributed by atoms with Crippen LogP contribution in [0.1, 0.15) is 44.1 Å². The molecule has 6 amide bonds. The number of rotatable bonds is 19. The Morgan fingerprint density at radius 2 is 1.14 bits per heavy atom. The molecule has 1 aromatic rings. The molecule has 2 saturated heterocycles. The van der Waals surface area contributed by atoms with E-state index in [9.17, 15) is 63.6 Å². The van der Waals surface area contributed by atoms with Gasteiger partial charge in [0, 0.05) is 58.8 Å². The number of nitrogens with zero attached hydrogens (tertiary/aromatic N) is 4. The van der Waals surface area contributed by atoms with Gasteiger partial charge < -0.3 is 63.8 Å². The zero-order chi connectivity index (χ0) is 47.2. The predicted molar refractivity (Wildman–Crippen MR) is 226 cm³/mol. The third-order valence-electron chi connectivity index (χ3n) is 10.2. The molecule has 4 atom stereocenters. The van der Waals surface area contributed by atoms with Gasteiger partial charge in [-0.05, 0) is 49.8 Å². The molecule has 25 nitrogen and oxygen atoms in total. The Balaban J connectivity index is 1.79. The summed E-state index contributed by atoms with van der Waals surface area (Å²) in [5.74, 6) is -8.58. The first-order chi connectivity index (χ1) is 30.4. The van der Waals surface area contributed by atoms with Crippen molar-refractivity contribution < 1.29 is 63.6 Å². The second-order valence-corrected chi connectivity index (χ2v) is 15.4. The molecule has 1 aromatic carbocycles. The molecule has 2 aliphatic rings. The first-order valence-electron chi connectivity index (χ1n) is 20.8. The summed E-state index contributed by atoms with van der Waals surface area (Å²) in [5, 5.41) is 53.2. The van der Waals surface area contributed by atoms with Crippen molar-refractivity contribution in [3.8, 4) is 5.75 Å². The molecule has 2 heterocycles. The molecule has 0 saturated carbocycles. The second-order valence-electron chi connectivity index (χ2n) is 15.4. The van der Waals surface area contributed by atoms with Crippen molar-refractivity contribution in [1.82, 2.24) is 46.6 Å². The van der Waals surface area contributed by atoms with Gasteiger partial charge in [0.2, 0.25) is 35.4 Å². The summed E-state index contributed by atoms with van der Waals surface area (Å²) >= 11 is 0. The first-order valence-corrected chi connectivity index (χ1v) is 20.8. The van der Waals surface area contributed by atoms with E-state index >= 15 is 0 Å². The van der Waals surface area contributed by atoms with Crippen molar-refractivity contribution in [2.24, 2.45) is 16.5 Å². The lowest BCUT2D eigenvalue weighted by Crippen LogP contribution is -2.58. The number of guanidine groups is 1. The van der Waals surface area contributed by atoms with E-state index < -0.39 is 84.6 Å². The Kier molecular flexibility index (Phi) is 21.7. The monoisotopic (exact) mass is 904 g/mol. The smallest absolute Gasteiger partial charge is 0.317 e. The van der Waals surface area contributed by atoms with Crippen LogP contribution < -0.4 is 43.4 Å². The molecular formula is C39H60N12O13. The molecule has 64 heavy (non-hydrogen) atoms. The van der Waals surface area contributed by atoms with Gasteiger partial charge in [-0.3, -0.25) is 62.8 Å². The fraction of sp³-hybridized carbons (Fsp3) is 0.590. The molecule has 354 valence electrons. The van der Waals surface area contributed by atoms with Gasteiger partial charge in [0.05, 0.1) is 32.6 Å². The molecule has 2 fully saturated rings. The highest BCUT2D eigenvalue weighted by Crippen LogP contribution is 2.13. The topological polar surface area (TPSA) is 381 Å². The number of carbonyl (C=O) groups excluding carboxylic acids is 6. The van der Waals surface area contributed by atoms with E-state index in [2.05, 4.69) is 36.9 Å². The van der Waals surface area contributed by atoms with Crippen molar-refractivity contribution in [2.45, 2.75) is 69.1 Å². The number of hydrogen-bond acceptors (Lipinski definition) is 14. The number of nitrogens with one attached hydrogen (secondary N) is 6. The Labute approximate surface area is 368 Å². The lowest BCUT2D eigenvalue weighted by atomic mass is 10.0. The molecule has 0 bridgehead atoms. The molecule has 0 aromatic heterocycles. The lowest BCUT2D eigenvalue weighted by molar-refractivity contribution is -0.141. The van der Waals surface area contributed by atoms with Crippen LogP contribution in [-0.2, 0) is 49.6 Å². The average molecular weight is 905 g/mol. The average Bonchev–Trinajstić information content (AvgIpc) is 3.30. The molecular weight excluding hydrogens is 844 g/mol. The molecule has 25 heteroatoms. The standard InChI is InChI=1S/C39H60N12O13/c40-39(41)43-11-3-5-26-35(61)44-20-30(53)45-29(19-32(55)56)38(64)48-28(18-24-6-8-25(52)9-7-24)37(63)47-27(36(62)46-26)4-1-2-10-42-31(54)21-49-12-14-50(22-33(57)58)16-17-51(15-13-49)23-34(59)60/h6-9,26-29,52H,1-5,10-23H2,(H,42,54)(H,44,61)(H,45,53)(H,46,62)(H,47,63)(H,48,64)(H,55,56)(H,57,58)(H,59,60)(H4,40,41,43). The normalized spacial score (nSPS) is 21.4. The number of phenols is 1. The number of hydrogen-bond donors (Lipinski definition) is 12. The molecule has 0 radical (unpaired) electrons. The molecule has 0 spiro atoms. The Hall–Kier alpha value is -6.60. The maximum Gasteiger partial charge on any atom is 0.317 e. The Morgan fingerprint density at radius 3 is 1.69 bits per heavy atom. The van der Waals surface area contributed by atoms with E-state index in [1.54, 1.807) is 14.7 Å². The van der Waals surface area contributed by atoms with Gasteiger partial charge in [0.15, 0.2) is 5.96 Å². The molecule has 14 N–H and O–H groups in total. The maximum atomic E-state index is 14.0. The SMILES string of the molecule is NC(N)=NCCCC1NC(=O)C(CCCCNC(=O)CN2CCN(CC(=O)O)CCN(CC(=O)O)CC2)NC(=O)C(Cc2ccc(O)cc2)NC(=O)C(CC(=O)O)NC(=O)CNC1=O. The number of carboxylic acids is 3. The van der Waals surface area contributed by atoms with Gasteiger partial charge in [-0.15, -0.1) is 0 Å². The van der Waals surface area contributed by atoms with Gasteiger partial charge in [-0.1, -0.05) is 12.1 Å². The number of phenolic OH excluding ortho intramolecular Hbond substituents is 1. The Bertz CT molecular complexity index is 1800. The van der Waals surface area contributed by atoms with Crippen LogP contribution in [0, 0.1) is 0 Å². The minimum Gasteiger partial charge on any atom is -0.508 e. The van der Waals surface area contributed by atoms with Crippen LogP contribution in [-0.4, -0.2) is 197 Å². The summed E-state index contributed by atoms with van der Waals surface area (Å²) in [6.07, 6.45) is -0.350. The minimum absolute atomic E-state index is 0.0139. The van der Waals surface area contributed by atoms with Crippen LogP contribution in [0.15, 0.2) is 29.3 Å². The lowest BCUT2D eigenvalue weighted by Gasteiger charge is -2.26. The number of aliphatic carboxylic acids is 3. The quantitative estimate of drug-likeness (QED) is 0.0351. The number of carboxylic acid groups (broad SMARTS) is 3. The van der Waals surface area contributed by atoms with Gasteiger partial charge >= 0.3 is 17.9 Å².